The van der Waals surface area contributed by atoms with Gasteiger partial charge in [-0.05, 0) is 60.9 Å². The molecule has 1 aliphatic rings. The normalized spacial score (nSPS) is 18.2. The number of hydrogen-bond acceptors (Lipinski definition) is 2. The number of piperidine rings is 1. The summed E-state index contributed by atoms with van der Waals surface area (Å²) in [6, 6.07) is 17.0. The Morgan fingerprint density at radius 1 is 1.11 bits per heavy atom. The van der Waals surface area contributed by atoms with E-state index in [1.807, 2.05) is 0 Å². The van der Waals surface area contributed by atoms with Crippen LogP contribution in [0.4, 0.5) is 5.69 Å². The third-order valence-electron chi connectivity index (χ3n) is 5.59. The molecule has 1 aliphatic heterocycles. The van der Waals surface area contributed by atoms with Gasteiger partial charge in [0.15, 0.2) is 0 Å². The predicted molar refractivity (Wildman–Crippen MR) is 113 cm³/mol. The molecule has 2 atom stereocenters. The van der Waals surface area contributed by atoms with Crippen molar-refractivity contribution in [3.63, 3.8) is 0 Å². The van der Waals surface area contributed by atoms with E-state index in [0.717, 1.165) is 36.6 Å². The molecule has 1 heterocycles. The molecular weight excluding hydrogens is 332 g/mol. The van der Waals surface area contributed by atoms with E-state index >= 15 is 0 Å². The average Bonchev–Trinajstić information content (AvgIpc) is 2.68. The van der Waals surface area contributed by atoms with Crippen LogP contribution in [0.1, 0.15) is 56.3 Å². The van der Waals surface area contributed by atoms with Crippen molar-refractivity contribution in [2.24, 2.45) is 5.92 Å². The van der Waals surface area contributed by atoms with E-state index in [4.69, 9.17) is 0 Å². The maximum atomic E-state index is 12.4. The Balaban J connectivity index is 1.55. The van der Waals surface area contributed by atoms with Gasteiger partial charge in [0.25, 0.3) is 0 Å². The highest BCUT2D eigenvalue weighted by molar-refractivity contribution is 5.79. The zero-order valence-corrected chi connectivity index (χ0v) is 16.9. The van der Waals surface area contributed by atoms with Crippen molar-refractivity contribution < 1.29 is 4.79 Å². The molecule has 144 valence electrons. The van der Waals surface area contributed by atoms with E-state index in [0.29, 0.717) is 6.42 Å². The maximum absolute atomic E-state index is 12.4. The summed E-state index contributed by atoms with van der Waals surface area (Å²) in [6.07, 6.45) is 4.06. The second-order valence-electron chi connectivity index (χ2n) is 7.92. The lowest BCUT2D eigenvalue weighted by atomic mass is 9.99. The molecule has 1 saturated heterocycles. The fourth-order valence-corrected chi connectivity index (χ4v) is 3.85. The largest absolute Gasteiger partial charge is 0.371 e. The molecule has 2 aromatic rings. The Morgan fingerprint density at radius 2 is 1.78 bits per heavy atom. The van der Waals surface area contributed by atoms with Crippen LogP contribution in [0.15, 0.2) is 48.5 Å². The Labute approximate surface area is 163 Å². The Morgan fingerprint density at radius 3 is 2.41 bits per heavy atom. The van der Waals surface area contributed by atoms with Gasteiger partial charge >= 0.3 is 0 Å². The van der Waals surface area contributed by atoms with E-state index in [9.17, 15) is 4.79 Å². The number of anilines is 1. The van der Waals surface area contributed by atoms with Crippen LogP contribution in [0.2, 0.25) is 0 Å². The van der Waals surface area contributed by atoms with E-state index in [1.165, 1.54) is 24.1 Å². The Bertz CT molecular complexity index is 736. The molecule has 1 amide bonds. The minimum atomic E-state index is 0.0155. The molecule has 0 bridgehead atoms. The number of rotatable bonds is 6. The summed E-state index contributed by atoms with van der Waals surface area (Å²) in [5.41, 5.74) is 4.81. The Hall–Kier alpha value is -2.29. The number of nitrogens with zero attached hydrogens (tertiary/aromatic N) is 1. The Kier molecular flexibility index (Phi) is 6.54. The summed E-state index contributed by atoms with van der Waals surface area (Å²) in [7, 11) is 0. The number of carbonyl (C=O) groups is 1. The van der Waals surface area contributed by atoms with Gasteiger partial charge in [-0.25, -0.2) is 0 Å². The molecule has 0 unspecified atom stereocenters. The standard InChI is InChI=1S/C24H32N2O/c1-4-20-7-9-21(10-8-20)16-24(27)25-19(3)22-11-13-23(14-12-22)26-15-5-6-18(2)17-26/h7-14,18-19H,4-6,15-17H2,1-3H3,(H,25,27)/t18-,19+/m0/s1. The molecule has 3 rings (SSSR count). The zero-order chi connectivity index (χ0) is 19.2. The summed E-state index contributed by atoms with van der Waals surface area (Å²) < 4.78 is 0. The highest BCUT2D eigenvalue weighted by Gasteiger charge is 2.17. The van der Waals surface area contributed by atoms with Crippen molar-refractivity contribution in [2.75, 3.05) is 18.0 Å². The van der Waals surface area contributed by atoms with Crippen molar-refractivity contribution in [3.8, 4) is 0 Å². The number of benzene rings is 2. The number of nitrogens with one attached hydrogen (secondary N) is 1. The van der Waals surface area contributed by atoms with Gasteiger partial charge in [-0.2, -0.15) is 0 Å². The lowest BCUT2D eigenvalue weighted by Crippen LogP contribution is -2.34. The summed E-state index contributed by atoms with van der Waals surface area (Å²) >= 11 is 0. The van der Waals surface area contributed by atoms with Crippen LogP contribution < -0.4 is 10.2 Å². The van der Waals surface area contributed by atoms with Crippen LogP contribution in [0.5, 0.6) is 0 Å². The third kappa shape index (κ3) is 5.35. The average molecular weight is 365 g/mol. The minimum absolute atomic E-state index is 0.0155. The first-order chi connectivity index (χ1) is 13.0. The number of aryl methyl sites for hydroxylation is 1. The molecule has 3 nitrogen and oxygen atoms in total. The van der Waals surface area contributed by atoms with E-state index in [2.05, 4.69) is 79.5 Å². The molecule has 1 fully saturated rings. The second-order valence-corrected chi connectivity index (χ2v) is 7.92. The molecule has 2 aromatic carbocycles. The SMILES string of the molecule is CCc1ccc(CC(=O)N[C@H](C)c2ccc(N3CCC[C@H](C)C3)cc2)cc1. The molecule has 1 N–H and O–H groups in total. The van der Waals surface area contributed by atoms with Gasteiger partial charge in [0.1, 0.15) is 0 Å². The van der Waals surface area contributed by atoms with Crippen molar-refractivity contribution in [1.82, 2.24) is 5.32 Å². The molecule has 27 heavy (non-hydrogen) atoms. The summed E-state index contributed by atoms with van der Waals surface area (Å²) in [4.78, 5) is 14.9. The van der Waals surface area contributed by atoms with Crippen molar-refractivity contribution in [1.29, 1.82) is 0 Å². The maximum Gasteiger partial charge on any atom is 0.224 e. The van der Waals surface area contributed by atoms with Gasteiger partial charge in [-0.1, -0.05) is 50.2 Å². The first-order valence-electron chi connectivity index (χ1n) is 10.3. The van der Waals surface area contributed by atoms with Crippen LogP contribution in [-0.2, 0) is 17.6 Å². The van der Waals surface area contributed by atoms with Gasteiger partial charge in [-0.3, -0.25) is 4.79 Å². The highest BCUT2D eigenvalue weighted by Crippen LogP contribution is 2.24. The highest BCUT2D eigenvalue weighted by atomic mass is 16.1. The van der Waals surface area contributed by atoms with Gasteiger partial charge < -0.3 is 10.2 Å². The molecule has 3 heteroatoms. The quantitative estimate of drug-likeness (QED) is 0.790. The molecule has 0 spiro atoms. The van der Waals surface area contributed by atoms with Gasteiger partial charge in [-0.15, -0.1) is 0 Å². The van der Waals surface area contributed by atoms with Crippen molar-refractivity contribution >= 4 is 11.6 Å². The van der Waals surface area contributed by atoms with Crippen LogP contribution in [0.3, 0.4) is 0 Å². The monoisotopic (exact) mass is 364 g/mol. The first kappa shape index (κ1) is 19.5. The molecule has 0 aliphatic carbocycles. The molecule has 0 aromatic heterocycles. The fraction of sp³-hybridized carbons (Fsp3) is 0.458. The van der Waals surface area contributed by atoms with Gasteiger partial charge in [0.2, 0.25) is 5.91 Å². The summed E-state index contributed by atoms with van der Waals surface area (Å²) in [6.45, 7) is 8.81. The summed E-state index contributed by atoms with van der Waals surface area (Å²) in [5, 5.41) is 3.13. The van der Waals surface area contributed by atoms with Crippen LogP contribution >= 0.6 is 0 Å². The van der Waals surface area contributed by atoms with E-state index in [1.54, 1.807) is 0 Å². The first-order valence-corrected chi connectivity index (χ1v) is 10.3. The van der Waals surface area contributed by atoms with Crippen LogP contribution in [0, 0.1) is 5.92 Å². The lowest BCUT2D eigenvalue weighted by Gasteiger charge is -2.33. The van der Waals surface area contributed by atoms with Crippen molar-refractivity contribution in [2.45, 2.75) is 52.5 Å². The second kappa shape index (κ2) is 9.07. The van der Waals surface area contributed by atoms with E-state index < -0.39 is 0 Å². The molecule has 0 radical (unpaired) electrons. The predicted octanol–water partition coefficient (Wildman–Crippen LogP) is 4.91. The number of hydrogen-bond donors (Lipinski definition) is 1. The van der Waals surface area contributed by atoms with Crippen molar-refractivity contribution in [3.05, 3.63) is 65.2 Å². The van der Waals surface area contributed by atoms with Crippen LogP contribution in [-0.4, -0.2) is 19.0 Å². The fourth-order valence-electron chi connectivity index (χ4n) is 3.85. The van der Waals surface area contributed by atoms with Gasteiger partial charge in [0, 0.05) is 18.8 Å². The lowest BCUT2D eigenvalue weighted by molar-refractivity contribution is -0.121. The number of carbonyl (C=O) groups excluding carboxylic acids is 1. The summed E-state index contributed by atoms with van der Waals surface area (Å²) in [5.74, 6) is 0.837. The molecular formula is C24H32N2O. The number of amides is 1. The topological polar surface area (TPSA) is 32.3 Å². The molecule has 0 saturated carbocycles. The van der Waals surface area contributed by atoms with Gasteiger partial charge in [0.05, 0.1) is 12.5 Å². The zero-order valence-electron chi connectivity index (χ0n) is 16.9. The van der Waals surface area contributed by atoms with Crippen LogP contribution in [0.25, 0.3) is 0 Å². The smallest absolute Gasteiger partial charge is 0.224 e. The third-order valence-corrected chi connectivity index (χ3v) is 5.59. The van der Waals surface area contributed by atoms with E-state index in [-0.39, 0.29) is 11.9 Å². The minimum Gasteiger partial charge on any atom is -0.371 e.